The molecule has 2 rings (SSSR count). The van der Waals surface area contributed by atoms with Gasteiger partial charge in [-0.3, -0.25) is 14.9 Å². The van der Waals surface area contributed by atoms with E-state index in [1.165, 1.54) is 12.1 Å². The van der Waals surface area contributed by atoms with Crippen molar-refractivity contribution in [3.8, 4) is 5.75 Å². The summed E-state index contributed by atoms with van der Waals surface area (Å²) in [5.74, 6) is 0.789. The summed E-state index contributed by atoms with van der Waals surface area (Å²) in [6.07, 6.45) is 0. The van der Waals surface area contributed by atoms with Crippen LogP contribution in [0.15, 0.2) is 53.6 Å². The minimum absolute atomic E-state index is 0.00496. The molecule has 0 saturated carbocycles. The Morgan fingerprint density at radius 2 is 1.69 bits per heavy atom. The van der Waals surface area contributed by atoms with Gasteiger partial charge < -0.3 is 4.74 Å². The SMILES string of the molecule is CC(=NNC(=O)c1ccc(OCC(C)C)cc1)c1ccc([N+](=O)[O-])cc1. The van der Waals surface area contributed by atoms with E-state index in [2.05, 4.69) is 24.4 Å². The maximum atomic E-state index is 12.2. The number of nitro benzene ring substituents is 1. The maximum Gasteiger partial charge on any atom is 0.271 e. The van der Waals surface area contributed by atoms with Gasteiger partial charge in [-0.25, -0.2) is 5.43 Å². The van der Waals surface area contributed by atoms with Crippen LogP contribution in [-0.2, 0) is 0 Å². The summed E-state index contributed by atoms with van der Waals surface area (Å²) in [5.41, 5.74) is 4.18. The molecule has 7 nitrogen and oxygen atoms in total. The predicted molar refractivity (Wildman–Crippen MR) is 99.5 cm³/mol. The fraction of sp³-hybridized carbons (Fsp3) is 0.263. The van der Waals surface area contributed by atoms with Crippen LogP contribution >= 0.6 is 0 Å². The van der Waals surface area contributed by atoms with E-state index >= 15 is 0 Å². The lowest BCUT2D eigenvalue weighted by atomic mass is 10.1. The standard InChI is InChI=1S/C19H21N3O4/c1-13(2)12-26-18-10-6-16(7-11-18)19(23)21-20-14(3)15-4-8-17(9-5-15)22(24)25/h4-11,13H,12H2,1-3H3,(H,21,23). The van der Waals surface area contributed by atoms with E-state index in [1.807, 2.05) is 0 Å². The van der Waals surface area contributed by atoms with Crippen LogP contribution < -0.4 is 10.2 Å². The van der Waals surface area contributed by atoms with Crippen molar-refractivity contribution in [1.29, 1.82) is 0 Å². The Kier molecular flexibility index (Phi) is 6.43. The molecule has 0 aliphatic rings. The molecule has 26 heavy (non-hydrogen) atoms. The molecular formula is C19H21N3O4. The number of nitrogens with zero attached hydrogens (tertiary/aromatic N) is 2. The fourth-order valence-corrected chi connectivity index (χ4v) is 2.05. The zero-order valence-corrected chi connectivity index (χ0v) is 14.9. The number of non-ortho nitro benzene ring substituents is 1. The summed E-state index contributed by atoms with van der Waals surface area (Å²) in [6.45, 7) is 6.45. The smallest absolute Gasteiger partial charge is 0.271 e. The van der Waals surface area contributed by atoms with Gasteiger partial charge in [-0.05, 0) is 54.8 Å². The lowest BCUT2D eigenvalue weighted by Crippen LogP contribution is -2.19. The topological polar surface area (TPSA) is 93.8 Å². The third-order valence-electron chi connectivity index (χ3n) is 3.52. The van der Waals surface area contributed by atoms with Crippen LogP contribution in [0.4, 0.5) is 5.69 Å². The molecule has 0 fully saturated rings. The molecule has 1 amide bonds. The Hall–Kier alpha value is -3.22. The molecule has 0 aliphatic heterocycles. The molecule has 0 aromatic heterocycles. The van der Waals surface area contributed by atoms with Gasteiger partial charge in [-0.1, -0.05) is 13.8 Å². The van der Waals surface area contributed by atoms with Gasteiger partial charge in [0.05, 0.1) is 17.2 Å². The van der Waals surface area contributed by atoms with Gasteiger partial charge >= 0.3 is 0 Å². The van der Waals surface area contributed by atoms with Crippen LogP contribution in [0, 0.1) is 16.0 Å². The first-order valence-corrected chi connectivity index (χ1v) is 8.19. The zero-order chi connectivity index (χ0) is 19.1. The van der Waals surface area contributed by atoms with Crippen molar-refractivity contribution in [3.05, 3.63) is 69.8 Å². The second kappa shape index (κ2) is 8.75. The van der Waals surface area contributed by atoms with Gasteiger partial charge in [0, 0.05) is 17.7 Å². The Morgan fingerprint density at radius 3 is 2.23 bits per heavy atom. The van der Waals surface area contributed by atoms with Gasteiger partial charge in [0.25, 0.3) is 11.6 Å². The Bertz CT molecular complexity index is 797. The van der Waals surface area contributed by atoms with Crippen LogP contribution in [0.5, 0.6) is 5.75 Å². The van der Waals surface area contributed by atoms with Crippen molar-refractivity contribution >= 4 is 17.3 Å². The number of carbonyl (C=O) groups excluding carboxylic acids is 1. The summed E-state index contributed by atoms with van der Waals surface area (Å²) in [7, 11) is 0. The number of hydrogen-bond donors (Lipinski definition) is 1. The number of nitro groups is 1. The van der Waals surface area contributed by atoms with E-state index < -0.39 is 4.92 Å². The van der Waals surface area contributed by atoms with Gasteiger partial charge in [-0.15, -0.1) is 0 Å². The van der Waals surface area contributed by atoms with E-state index in [4.69, 9.17) is 4.74 Å². The third-order valence-corrected chi connectivity index (χ3v) is 3.52. The van der Waals surface area contributed by atoms with Crippen LogP contribution in [0.1, 0.15) is 36.7 Å². The van der Waals surface area contributed by atoms with E-state index in [9.17, 15) is 14.9 Å². The first kappa shape index (κ1) is 19.1. The summed E-state index contributed by atoms with van der Waals surface area (Å²) in [6, 6.07) is 12.8. The second-order valence-corrected chi connectivity index (χ2v) is 6.17. The number of benzene rings is 2. The number of carbonyl (C=O) groups is 1. The quantitative estimate of drug-likeness (QED) is 0.464. The van der Waals surface area contributed by atoms with E-state index in [0.717, 1.165) is 0 Å². The number of nitrogens with one attached hydrogen (secondary N) is 1. The summed E-state index contributed by atoms with van der Waals surface area (Å²) >= 11 is 0. The molecule has 0 aliphatic carbocycles. The molecule has 7 heteroatoms. The van der Waals surface area contributed by atoms with E-state index in [1.54, 1.807) is 43.3 Å². The molecular weight excluding hydrogens is 334 g/mol. The molecule has 0 unspecified atom stereocenters. The lowest BCUT2D eigenvalue weighted by molar-refractivity contribution is -0.384. The summed E-state index contributed by atoms with van der Waals surface area (Å²) in [4.78, 5) is 22.3. The van der Waals surface area contributed by atoms with Crippen molar-refractivity contribution in [1.82, 2.24) is 5.43 Å². The van der Waals surface area contributed by atoms with Crippen molar-refractivity contribution in [3.63, 3.8) is 0 Å². The molecule has 1 N–H and O–H groups in total. The fourth-order valence-electron chi connectivity index (χ4n) is 2.05. The third kappa shape index (κ3) is 5.41. The molecule has 0 atom stereocenters. The highest BCUT2D eigenvalue weighted by atomic mass is 16.6. The molecule has 0 saturated heterocycles. The molecule has 0 spiro atoms. The highest BCUT2D eigenvalue weighted by molar-refractivity contribution is 6.01. The predicted octanol–water partition coefficient (Wildman–Crippen LogP) is 3.78. The largest absolute Gasteiger partial charge is 0.493 e. The van der Waals surface area contributed by atoms with Gasteiger partial charge in [0.1, 0.15) is 5.75 Å². The highest BCUT2D eigenvalue weighted by Crippen LogP contribution is 2.14. The van der Waals surface area contributed by atoms with Gasteiger partial charge in [0.2, 0.25) is 0 Å². The highest BCUT2D eigenvalue weighted by Gasteiger charge is 2.08. The molecule has 2 aromatic carbocycles. The first-order chi connectivity index (χ1) is 12.4. The van der Waals surface area contributed by atoms with E-state index in [-0.39, 0.29) is 11.6 Å². The number of hydrazone groups is 1. The Morgan fingerprint density at radius 1 is 1.12 bits per heavy atom. The number of rotatable bonds is 7. The molecule has 0 heterocycles. The Labute approximate surface area is 151 Å². The minimum Gasteiger partial charge on any atom is -0.493 e. The summed E-state index contributed by atoms with van der Waals surface area (Å²) < 4.78 is 5.58. The molecule has 136 valence electrons. The number of amides is 1. The maximum absolute atomic E-state index is 12.2. The van der Waals surface area contributed by atoms with Crippen LogP contribution in [0.2, 0.25) is 0 Å². The second-order valence-electron chi connectivity index (χ2n) is 6.17. The van der Waals surface area contributed by atoms with Crippen molar-refractivity contribution < 1.29 is 14.5 Å². The van der Waals surface area contributed by atoms with Gasteiger partial charge in [0.15, 0.2) is 0 Å². The molecule has 0 radical (unpaired) electrons. The lowest BCUT2D eigenvalue weighted by Gasteiger charge is -2.09. The van der Waals surface area contributed by atoms with Gasteiger partial charge in [-0.2, -0.15) is 5.10 Å². The van der Waals surface area contributed by atoms with E-state index in [0.29, 0.717) is 35.1 Å². The number of ether oxygens (including phenoxy) is 1. The average molecular weight is 355 g/mol. The Balaban J connectivity index is 1.98. The number of hydrogen-bond acceptors (Lipinski definition) is 5. The van der Waals surface area contributed by atoms with Crippen LogP contribution in [0.3, 0.4) is 0 Å². The van der Waals surface area contributed by atoms with Crippen LogP contribution in [-0.4, -0.2) is 23.1 Å². The van der Waals surface area contributed by atoms with Crippen molar-refractivity contribution in [2.24, 2.45) is 11.0 Å². The summed E-state index contributed by atoms with van der Waals surface area (Å²) in [5, 5.41) is 14.7. The minimum atomic E-state index is -0.466. The first-order valence-electron chi connectivity index (χ1n) is 8.19. The molecule has 0 bridgehead atoms. The monoisotopic (exact) mass is 355 g/mol. The van der Waals surface area contributed by atoms with Crippen LogP contribution in [0.25, 0.3) is 0 Å². The molecule has 2 aromatic rings. The van der Waals surface area contributed by atoms with Crippen molar-refractivity contribution in [2.75, 3.05) is 6.61 Å². The average Bonchev–Trinajstić information content (AvgIpc) is 2.64. The van der Waals surface area contributed by atoms with Crippen molar-refractivity contribution in [2.45, 2.75) is 20.8 Å². The zero-order valence-electron chi connectivity index (χ0n) is 14.9. The normalized spacial score (nSPS) is 11.3.